The van der Waals surface area contributed by atoms with Crippen molar-refractivity contribution in [2.24, 2.45) is 4.99 Å². The van der Waals surface area contributed by atoms with Crippen LogP contribution in [0.5, 0.6) is 5.75 Å². The van der Waals surface area contributed by atoms with Crippen molar-refractivity contribution in [1.29, 1.82) is 0 Å². The molecule has 0 bridgehead atoms. The van der Waals surface area contributed by atoms with Gasteiger partial charge in [-0.3, -0.25) is 4.99 Å². The van der Waals surface area contributed by atoms with Crippen LogP contribution in [0.3, 0.4) is 0 Å². The van der Waals surface area contributed by atoms with Crippen molar-refractivity contribution in [3.63, 3.8) is 0 Å². The fourth-order valence-corrected chi connectivity index (χ4v) is 2.47. The minimum Gasteiger partial charge on any atom is -0.493 e. The van der Waals surface area contributed by atoms with Gasteiger partial charge in [0.2, 0.25) is 0 Å². The Bertz CT molecular complexity index is 491. The van der Waals surface area contributed by atoms with Crippen LogP contribution in [0.15, 0.2) is 29.3 Å². The number of benzene rings is 1. The molecule has 0 radical (unpaired) electrons. The summed E-state index contributed by atoms with van der Waals surface area (Å²) in [4.78, 5) is 4.76. The lowest BCUT2D eigenvalue weighted by molar-refractivity contribution is 0.269. The first kappa shape index (κ1) is 15.7. The Hall–Kier alpha value is -1.71. The predicted octanol–water partition coefficient (Wildman–Crippen LogP) is 2.91. The predicted molar refractivity (Wildman–Crippen MR) is 88.2 cm³/mol. The van der Waals surface area contributed by atoms with Gasteiger partial charge in [0.25, 0.3) is 0 Å². The maximum Gasteiger partial charge on any atom is 0.191 e. The number of rotatable bonds is 3. The molecule has 2 N–H and O–H groups in total. The molecule has 2 rings (SSSR count). The average molecular weight is 289 g/mol. The van der Waals surface area contributed by atoms with E-state index in [1.807, 2.05) is 12.1 Å². The summed E-state index contributed by atoms with van der Waals surface area (Å²) in [7, 11) is 0. The number of aliphatic imine (C=N–C) groups is 1. The van der Waals surface area contributed by atoms with Crippen molar-refractivity contribution >= 4 is 5.96 Å². The van der Waals surface area contributed by atoms with Crippen LogP contribution in [0.4, 0.5) is 0 Å². The zero-order valence-electron chi connectivity index (χ0n) is 13.6. The highest BCUT2D eigenvalue weighted by atomic mass is 16.5. The van der Waals surface area contributed by atoms with Crippen molar-refractivity contribution in [2.45, 2.75) is 45.6 Å². The number of hydrogen-bond acceptors (Lipinski definition) is 2. The monoisotopic (exact) mass is 289 g/mol. The van der Waals surface area contributed by atoms with Gasteiger partial charge >= 0.3 is 0 Å². The minimum atomic E-state index is 0.00852. The molecule has 1 heterocycles. The molecule has 4 heteroatoms. The molecule has 4 nitrogen and oxygen atoms in total. The summed E-state index contributed by atoms with van der Waals surface area (Å²) in [5.74, 6) is 2.33. The third-order valence-corrected chi connectivity index (χ3v) is 3.39. The van der Waals surface area contributed by atoms with E-state index in [9.17, 15) is 0 Å². The Morgan fingerprint density at radius 3 is 2.81 bits per heavy atom. The van der Waals surface area contributed by atoms with Gasteiger partial charge in [0.1, 0.15) is 5.75 Å². The zero-order valence-corrected chi connectivity index (χ0v) is 13.6. The zero-order chi connectivity index (χ0) is 15.3. The van der Waals surface area contributed by atoms with Gasteiger partial charge in [-0.05, 0) is 45.7 Å². The van der Waals surface area contributed by atoms with E-state index in [-0.39, 0.29) is 5.54 Å². The summed E-state index contributed by atoms with van der Waals surface area (Å²) < 4.78 is 5.71. The first-order chi connectivity index (χ1) is 9.99. The molecule has 1 aliphatic rings. The average Bonchev–Trinajstić information content (AvgIpc) is 2.43. The Labute approximate surface area is 128 Å². The van der Waals surface area contributed by atoms with Crippen LogP contribution in [0.2, 0.25) is 0 Å². The van der Waals surface area contributed by atoms with Crippen LogP contribution in [0.1, 0.15) is 45.6 Å². The molecular weight excluding hydrogens is 262 g/mol. The van der Waals surface area contributed by atoms with Gasteiger partial charge in [0.05, 0.1) is 6.61 Å². The quantitative estimate of drug-likeness (QED) is 0.664. The van der Waals surface area contributed by atoms with Gasteiger partial charge in [0.15, 0.2) is 5.96 Å². The molecule has 1 aromatic carbocycles. The summed E-state index contributed by atoms with van der Waals surface area (Å²) in [6, 6.07) is 8.29. The van der Waals surface area contributed by atoms with Gasteiger partial charge in [-0.25, -0.2) is 0 Å². The number of nitrogens with zero attached hydrogens (tertiary/aromatic N) is 1. The standard InChI is InChI=1S/C17H27N3O/c1-5-18-16(20-17(2,3)4)19-12-13-10-11-21-15-9-7-6-8-14(13)15/h6-9,13H,5,10-12H2,1-4H3,(H2,18,19,20). The largest absolute Gasteiger partial charge is 0.493 e. The molecule has 0 fully saturated rings. The third-order valence-electron chi connectivity index (χ3n) is 3.39. The first-order valence-electron chi connectivity index (χ1n) is 7.78. The molecule has 0 saturated heterocycles. The molecule has 116 valence electrons. The third kappa shape index (κ3) is 4.66. The maximum atomic E-state index is 5.71. The Balaban J connectivity index is 2.08. The van der Waals surface area contributed by atoms with Crippen molar-refractivity contribution in [3.8, 4) is 5.75 Å². The fraction of sp³-hybridized carbons (Fsp3) is 0.588. The molecule has 0 amide bonds. The number of fused-ring (bicyclic) bond motifs is 1. The van der Waals surface area contributed by atoms with Crippen molar-refractivity contribution in [1.82, 2.24) is 10.6 Å². The highest BCUT2D eigenvalue weighted by Crippen LogP contribution is 2.33. The second-order valence-corrected chi connectivity index (χ2v) is 6.47. The summed E-state index contributed by atoms with van der Waals surface area (Å²) >= 11 is 0. The van der Waals surface area contributed by atoms with E-state index in [4.69, 9.17) is 9.73 Å². The van der Waals surface area contributed by atoms with Crippen LogP contribution in [-0.4, -0.2) is 31.2 Å². The summed E-state index contributed by atoms with van der Waals surface area (Å²) in [6.45, 7) is 10.9. The van der Waals surface area contributed by atoms with Gasteiger partial charge in [-0.1, -0.05) is 18.2 Å². The van der Waals surface area contributed by atoms with Crippen molar-refractivity contribution in [3.05, 3.63) is 29.8 Å². The van der Waals surface area contributed by atoms with Crippen LogP contribution >= 0.6 is 0 Å². The van der Waals surface area contributed by atoms with E-state index in [1.165, 1.54) is 5.56 Å². The normalized spacial score (nSPS) is 18.7. The van der Waals surface area contributed by atoms with E-state index < -0.39 is 0 Å². The summed E-state index contributed by atoms with van der Waals surface area (Å²) in [6.07, 6.45) is 1.02. The van der Waals surface area contributed by atoms with Crippen molar-refractivity contribution < 1.29 is 4.74 Å². The van der Waals surface area contributed by atoms with E-state index in [0.717, 1.165) is 37.8 Å². The minimum absolute atomic E-state index is 0.00852. The van der Waals surface area contributed by atoms with Crippen LogP contribution in [0, 0.1) is 0 Å². The van der Waals surface area contributed by atoms with Crippen molar-refractivity contribution in [2.75, 3.05) is 19.7 Å². The lowest BCUT2D eigenvalue weighted by Gasteiger charge is -2.26. The van der Waals surface area contributed by atoms with E-state index in [1.54, 1.807) is 0 Å². The van der Waals surface area contributed by atoms with E-state index in [2.05, 4.69) is 50.5 Å². The van der Waals surface area contributed by atoms with Crippen LogP contribution in [-0.2, 0) is 0 Å². The number of para-hydroxylation sites is 1. The topological polar surface area (TPSA) is 45.7 Å². The van der Waals surface area contributed by atoms with Gasteiger partial charge in [-0.15, -0.1) is 0 Å². The Morgan fingerprint density at radius 1 is 1.33 bits per heavy atom. The van der Waals surface area contributed by atoms with E-state index in [0.29, 0.717) is 5.92 Å². The molecule has 1 aliphatic heterocycles. The lowest BCUT2D eigenvalue weighted by Crippen LogP contribution is -2.47. The number of nitrogens with one attached hydrogen (secondary N) is 2. The van der Waals surface area contributed by atoms with Gasteiger partial charge in [-0.2, -0.15) is 0 Å². The summed E-state index contributed by atoms with van der Waals surface area (Å²) in [5, 5.41) is 6.74. The number of hydrogen-bond donors (Lipinski definition) is 2. The second kappa shape index (κ2) is 6.83. The number of guanidine groups is 1. The molecule has 0 saturated carbocycles. The molecule has 0 spiro atoms. The van der Waals surface area contributed by atoms with E-state index >= 15 is 0 Å². The highest BCUT2D eigenvalue weighted by molar-refractivity contribution is 5.80. The lowest BCUT2D eigenvalue weighted by atomic mass is 9.93. The van der Waals surface area contributed by atoms with Crippen LogP contribution < -0.4 is 15.4 Å². The molecule has 0 aliphatic carbocycles. The molecule has 0 aromatic heterocycles. The van der Waals surface area contributed by atoms with Gasteiger partial charge in [0, 0.05) is 24.5 Å². The Morgan fingerprint density at radius 2 is 2.10 bits per heavy atom. The highest BCUT2D eigenvalue weighted by Gasteiger charge is 2.21. The summed E-state index contributed by atoms with van der Waals surface area (Å²) in [5.41, 5.74) is 1.29. The SMILES string of the molecule is CCNC(=NCC1CCOc2ccccc21)NC(C)(C)C. The smallest absolute Gasteiger partial charge is 0.191 e. The molecule has 1 atom stereocenters. The Kier molecular flexibility index (Phi) is 5.10. The van der Waals surface area contributed by atoms with Gasteiger partial charge < -0.3 is 15.4 Å². The molecule has 1 aromatic rings. The number of ether oxygens (including phenoxy) is 1. The fourth-order valence-electron chi connectivity index (χ4n) is 2.47. The molecule has 1 unspecified atom stereocenters. The second-order valence-electron chi connectivity index (χ2n) is 6.47. The maximum absolute atomic E-state index is 5.71. The molecular formula is C17H27N3O. The van der Waals surface area contributed by atoms with Crippen LogP contribution in [0.25, 0.3) is 0 Å². The molecule has 21 heavy (non-hydrogen) atoms. The first-order valence-corrected chi connectivity index (χ1v) is 7.78.